The predicted octanol–water partition coefficient (Wildman–Crippen LogP) is 0.845. The third-order valence-electron chi connectivity index (χ3n) is 2.33. The van der Waals surface area contributed by atoms with Crippen molar-refractivity contribution in [3.8, 4) is 0 Å². The predicted molar refractivity (Wildman–Crippen MR) is 47.8 cm³/mol. The van der Waals surface area contributed by atoms with Crippen molar-refractivity contribution in [3.05, 3.63) is 0 Å². The number of rotatable bonds is 4. The smallest absolute Gasteiger partial charge is 0.155 e. The van der Waals surface area contributed by atoms with Gasteiger partial charge in [-0.15, -0.1) is 0 Å². The molecule has 0 aromatic carbocycles. The maximum absolute atomic E-state index is 11.5. The van der Waals surface area contributed by atoms with Gasteiger partial charge in [-0.25, -0.2) is 8.42 Å². The molecule has 3 nitrogen and oxygen atoms in total. The minimum Gasteiger partial charge on any atom is -0.372 e. The first-order chi connectivity index (χ1) is 5.43. The van der Waals surface area contributed by atoms with E-state index in [1.165, 1.54) is 0 Å². The van der Waals surface area contributed by atoms with Crippen molar-refractivity contribution in [3.63, 3.8) is 0 Å². The molecule has 0 saturated carbocycles. The van der Waals surface area contributed by atoms with Crippen LogP contribution in [0.15, 0.2) is 0 Å². The third-order valence-corrected chi connectivity index (χ3v) is 4.84. The molecule has 2 atom stereocenters. The number of hydrogen-bond donors (Lipinski definition) is 0. The lowest BCUT2D eigenvalue weighted by atomic mass is 10.2. The summed E-state index contributed by atoms with van der Waals surface area (Å²) in [7, 11) is -2.92. The van der Waals surface area contributed by atoms with Crippen LogP contribution in [0, 0.1) is 5.92 Å². The van der Waals surface area contributed by atoms with Crippen molar-refractivity contribution in [1.82, 2.24) is 0 Å². The van der Waals surface area contributed by atoms with E-state index in [0.29, 0.717) is 6.61 Å². The Kier molecular flexibility index (Phi) is 2.78. The summed E-state index contributed by atoms with van der Waals surface area (Å²) in [5, 5.41) is -0.248. The second kappa shape index (κ2) is 3.34. The van der Waals surface area contributed by atoms with Crippen LogP contribution in [-0.4, -0.2) is 32.1 Å². The maximum atomic E-state index is 11.5. The fraction of sp³-hybridized carbons (Fsp3) is 1.00. The normalized spacial score (nSPS) is 25.8. The highest BCUT2D eigenvalue weighted by atomic mass is 32.2. The molecule has 2 unspecified atom stereocenters. The molecule has 1 aliphatic heterocycles. The van der Waals surface area contributed by atoms with Gasteiger partial charge < -0.3 is 4.74 Å². The van der Waals surface area contributed by atoms with Crippen LogP contribution in [0.5, 0.6) is 0 Å². The van der Waals surface area contributed by atoms with E-state index in [4.69, 9.17) is 4.74 Å². The van der Waals surface area contributed by atoms with E-state index in [9.17, 15) is 8.42 Å². The van der Waals surface area contributed by atoms with E-state index in [0.717, 1.165) is 0 Å². The Morgan fingerprint density at radius 2 is 1.92 bits per heavy atom. The molecule has 1 saturated heterocycles. The number of ether oxygens (including phenoxy) is 1. The van der Waals surface area contributed by atoms with Gasteiger partial charge in [0.1, 0.15) is 0 Å². The van der Waals surface area contributed by atoms with Crippen LogP contribution in [0.2, 0.25) is 0 Å². The van der Waals surface area contributed by atoms with Gasteiger partial charge in [-0.2, -0.15) is 0 Å². The first kappa shape index (κ1) is 9.99. The van der Waals surface area contributed by atoms with E-state index >= 15 is 0 Å². The summed E-state index contributed by atoms with van der Waals surface area (Å²) < 4.78 is 28.0. The standard InChI is InChI=1S/C8H16O3S/c1-6(2)7(3)12(9,10)5-8-4-11-8/h6-8H,4-5H2,1-3H3. The molecule has 1 rings (SSSR count). The highest BCUT2D eigenvalue weighted by Gasteiger charge is 2.33. The third kappa shape index (κ3) is 2.45. The van der Waals surface area contributed by atoms with Crippen molar-refractivity contribution in [1.29, 1.82) is 0 Å². The highest BCUT2D eigenvalue weighted by molar-refractivity contribution is 7.92. The first-order valence-electron chi connectivity index (χ1n) is 4.26. The molecular weight excluding hydrogens is 176 g/mol. The lowest BCUT2D eigenvalue weighted by Crippen LogP contribution is -2.28. The van der Waals surface area contributed by atoms with Gasteiger partial charge in [0.05, 0.1) is 23.7 Å². The van der Waals surface area contributed by atoms with E-state index in [-0.39, 0.29) is 23.0 Å². The zero-order valence-corrected chi connectivity index (χ0v) is 8.60. The average Bonchev–Trinajstić information content (AvgIpc) is 2.69. The minimum absolute atomic E-state index is 0.0174. The SMILES string of the molecule is CC(C)C(C)S(=O)(=O)CC1CO1. The molecule has 1 fully saturated rings. The van der Waals surface area contributed by atoms with Crippen LogP contribution in [-0.2, 0) is 14.6 Å². The summed E-state index contributed by atoms with van der Waals surface area (Å²) in [6, 6.07) is 0. The molecule has 0 aromatic rings. The summed E-state index contributed by atoms with van der Waals surface area (Å²) in [6.07, 6.45) is -0.0174. The van der Waals surface area contributed by atoms with E-state index in [1.807, 2.05) is 13.8 Å². The molecule has 0 aliphatic carbocycles. The Labute approximate surface area is 74.0 Å². The molecule has 0 amide bonds. The summed E-state index contributed by atoms with van der Waals surface area (Å²) in [6.45, 7) is 6.23. The van der Waals surface area contributed by atoms with Crippen molar-refractivity contribution >= 4 is 9.84 Å². The highest BCUT2D eigenvalue weighted by Crippen LogP contribution is 2.18. The van der Waals surface area contributed by atoms with Gasteiger partial charge in [-0.3, -0.25) is 0 Å². The summed E-state index contributed by atoms with van der Waals surface area (Å²) in [5.41, 5.74) is 0. The zero-order valence-electron chi connectivity index (χ0n) is 7.78. The van der Waals surface area contributed by atoms with Crippen LogP contribution in [0.1, 0.15) is 20.8 Å². The van der Waals surface area contributed by atoms with Gasteiger partial charge in [0.25, 0.3) is 0 Å². The van der Waals surface area contributed by atoms with E-state index < -0.39 is 9.84 Å². The molecule has 12 heavy (non-hydrogen) atoms. The van der Waals surface area contributed by atoms with Gasteiger partial charge in [0.15, 0.2) is 9.84 Å². The Morgan fingerprint density at radius 1 is 1.42 bits per heavy atom. The van der Waals surface area contributed by atoms with Gasteiger partial charge in [0.2, 0.25) is 0 Å². The Hall–Kier alpha value is -0.0900. The van der Waals surface area contributed by atoms with Gasteiger partial charge in [0, 0.05) is 0 Å². The van der Waals surface area contributed by atoms with E-state index in [1.54, 1.807) is 6.92 Å². The number of hydrogen-bond acceptors (Lipinski definition) is 3. The second-order valence-electron chi connectivity index (χ2n) is 3.73. The van der Waals surface area contributed by atoms with Gasteiger partial charge in [-0.05, 0) is 12.8 Å². The number of epoxide rings is 1. The molecule has 1 heterocycles. The fourth-order valence-corrected chi connectivity index (χ4v) is 2.83. The monoisotopic (exact) mass is 192 g/mol. The second-order valence-corrected chi connectivity index (χ2v) is 6.14. The average molecular weight is 192 g/mol. The van der Waals surface area contributed by atoms with Gasteiger partial charge >= 0.3 is 0 Å². The number of sulfone groups is 1. The van der Waals surface area contributed by atoms with Crippen LogP contribution in [0.25, 0.3) is 0 Å². The topological polar surface area (TPSA) is 46.7 Å². The van der Waals surface area contributed by atoms with Crippen molar-refractivity contribution in [2.24, 2.45) is 5.92 Å². The van der Waals surface area contributed by atoms with E-state index in [2.05, 4.69) is 0 Å². The molecule has 0 bridgehead atoms. The molecule has 72 valence electrons. The summed E-state index contributed by atoms with van der Waals surface area (Å²) >= 11 is 0. The Bertz CT molecular complexity index is 239. The minimum atomic E-state index is -2.92. The maximum Gasteiger partial charge on any atom is 0.155 e. The van der Waals surface area contributed by atoms with Crippen molar-refractivity contribution in [2.45, 2.75) is 32.1 Å². The summed E-state index contributed by atoms with van der Waals surface area (Å²) in [4.78, 5) is 0. The molecule has 1 aliphatic rings. The van der Waals surface area contributed by atoms with Crippen LogP contribution in [0.4, 0.5) is 0 Å². The van der Waals surface area contributed by atoms with Crippen molar-refractivity contribution in [2.75, 3.05) is 12.4 Å². The van der Waals surface area contributed by atoms with Crippen LogP contribution < -0.4 is 0 Å². The molecular formula is C8H16O3S. The summed E-state index contributed by atoms with van der Waals surface area (Å²) in [5.74, 6) is 0.389. The van der Waals surface area contributed by atoms with Crippen molar-refractivity contribution < 1.29 is 13.2 Å². The van der Waals surface area contributed by atoms with Crippen LogP contribution >= 0.6 is 0 Å². The lowest BCUT2D eigenvalue weighted by Gasteiger charge is -2.15. The van der Waals surface area contributed by atoms with Gasteiger partial charge in [-0.1, -0.05) is 13.8 Å². The quantitative estimate of drug-likeness (QED) is 0.620. The molecule has 0 aromatic heterocycles. The zero-order chi connectivity index (χ0) is 9.35. The largest absolute Gasteiger partial charge is 0.372 e. The Balaban J connectivity index is 2.56. The molecule has 0 radical (unpaired) electrons. The molecule has 0 N–H and O–H groups in total. The van der Waals surface area contributed by atoms with Crippen LogP contribution in [0.3, 0.4) is 0 Å². The lowest BCUT2D eigenvalue weighted by molar-refractivity contribution is 0.421. The first-order valence-corrected chi connectivity index (χ1v) is 5.98. The molecule has 0 spiro atoms. The fourth-order valence-electron chi connectivity index (χ4n) is 0.990. The molecule has 4 heteroatoms. The Morgan fingerprint density at radius 3 is 2.25 bits per heavy atom.